The highest BCUT2D eigenvalue weighted by atomic mass is 35.5. The van der Waals surface area contributed by atoms with Crippen molar-refractivity contribution in [1.82, 2.24) is 0 Å². The molecule has 0 atom stereocenters. The Morgan fingerprint density at radius 2 is 2.20 bits per heavy atom. The normalized spacial score (nSPS) is 12.8. The average molecular weight is 225 g/mol. The van der Waals surface area contributed by atoms with Crippen molar-refractivity contribution in [2.45, 2.75) is 6.42 Å². The summed E-state index contributed by atoms with van der Waals surface area (Å²) < 4.78 is 5.59. The van der Waals surface area contributed by atoms with Gasteiger partial charge < -0.3 is 9.84 Å². The summed E-state index contributed by atoms with van der Waals surface area (Å²) >= 11 is 5.57. The number of halogens is 1. The number of fused-ring (bicyclic) bond motifs is 1. The minimum atomic E-state index is 0.0954. The smallest absolute Gasteiger partial charge is 0.127 e. The van der Waals surface area contributed by atoms with Crippen LogP contribution in [0.15, 0.2) is 18.2 Å². The maximum absolute atomic E-state index is 9.01. The van der Waals surface area contributed by atoms with Crippen LogP contribution in [0.2, 0.25) is 0 Å². The van der Waals surface area contributed by atoms with Gasteiger partial charge in [0.05, 0.1) is 13.2 Å². The Kier molecular flexibility index (Phi) is 3.29. The van der Waals surface area contributed by atoms with Crippen LogP contribution in [0.5, 0.6) is 5.75 Å². The molecule has 0 saturated heterocycles. The van der Waals surface area contributed by atoms with Gasteiger partial charge in [0, 0.05) is 11.4 Å². The van der Waals surface area contributed by atoms with Gasteiger partial charge in [0.2, 0.25) is 0 Å². The molecule has 15 heavy (non-hydrogen) atoms. The average Bonchev–Trinajstić information content (AvgIpc) is 2.22. The van der Waals surface area contributed by atoms with E-state index in [1.807, 2.05) is 24.3 Å². The first-order valence-corrected chi connectivity index (χ1v) is 5.54. The van der Waals surface area contributed by atoms with E-state index in [2.05, 4.69) is 0 Å². The second-order valence-corrected chi connectivity index (χ2v) is 3.81. The molecule has 3 heteroatoms. The standard InChI is InChI=1S/C12H13ClO2/c13-5-2-6-15-12-4-1-3-10-9(8-14)7-11(10)12/h1,3-4,7,14H,2,5-6,8H2. The van der Waals surface area contributed by atoms with Crippen molar-refractivity contribution in [2.75, 3.05) is 19.1 Å². The molecule has 0 amide bonds. The van der Waals surface area contributed by atoms with Crippen molar-refractivity contribution in [2.24, 2.45) is 0 Å². The molecule has 0 spiro atoms. The third-order valence-corrected chi connectivity index (χ3v) is 2.70. The SMILES string of the molecule is OCC1=Cc2c(OCCCCl)cccc21. The van der Waals surface area contributed by atoms with Crippen LogP contribution >= 0.6 is 11.6 Å². The van der Waals surface area contributed by atoms with Gasteiger partial charge in [-0.05, 0) is 29.7 Å². The van der Waals surface area contributed by atoms with Crippen molar-refractivity contribution in [3.05, 3.63) is 29.3 Å². The lowest BCUT2D eigenvalue weighted by Crippen LogP contribution is -2.07. The lowest BCUT2D eigenvalue weighted by Gasteiger charge is -2.21. The van der Waals surface area contributed by atoms with Gasteiger partial charge in [0.1, 0.15) is 5.75 Å². The number of ether oxygens (including phenoxy) is 1. The molecule has 80 valence electrons. The van der Waals surface area contributed by atoms with E-state index in [-0.39, 0.29) is 6.61 Å². The zero-order valence-corrected chi connectivity index (χ0v) is 9.13. The maximum Gasteiger partial charge on any atom is 0.127 e. The second-order valence-electron chi connectivity index (χ2n) is 3.44. The van der Waals surface area contributed by atoms with Gasteiger partial charge in [-0.1, -0.05) is 12.1 Å². The monoisotopic (exact) mass is 224 g/mol. The summed E-state index contributed by atoms with van der Waals surface area (Å²) in [6, 6.07) is 5.88. The first-order valence-electron chi connectivity index (χ1n) is 5.00. The predicted molar refractivity (Wildman–Crippen MR) is 62.2 cm³/mol. The summed E-state index contributed by atoms with van der Waals surface area (Å²) in [5, 5.41) is 9.01. The van der Waals surface area contributed by atoms with Crippen LogP contribution in [0.1, 0.15) is 17.5 Å². The van der Waals surface area contributed by atoms with E-state index >= 15 is 0 Å². The van der Waals surface area contributed by atoms with E-state index in [1.54, 1.807) is 0 Å². The summed E-state index contributed by atoms with van der Waals surface area (Å²) in [6.45, 7) is 0.736. The molecule has 2 nitrogen and oxygen atoms in total. The Labute approximate surface area is 94.1 Å². The summed E-state index contributed by atoms with van der Waals surface area (Å²) in [4.78, 5) is 0. The van der Waals surface area contributed by atoms with Gasteiger partial charge in [0.25, 0.3) is 0 Å². The molecule has 0 saturated carbocycles. The largest absolute Gasteiger partial charge is 0.493 e. The summed E-state index contributed by atoms with van der Waals surface area (Å²) in [6.07, 6.45) is 2.81. The zero-order valence-electron chi connectivity index (χ0n) is 8.37. The fourth-order valence-electron chi connectivity index (χ4n) is 1.64. The van der Waals surface area contributed by atoms with Crippen LogP contribution < -0.4 is 4.74 Å². The molecule has 0 unspecified atom stereocenters. The highest BCUT2D eigenvalue weighted by molar-refractivity contribution is 6.17. The molecule has 1 aromatic carbocycles. The molecule has 1 aromatic rings. The van der Waals surface area contributed by atoms with Crippen molar-refractivity contribution in [3.63, 3.8) is 0 Å². The molecule has 1 aliphatic rings. The van der Waals surface area contributed by atoms with Crippen LogP contribution in [0.25, 0.3) is 11.6 Å². The minimum Gasteiger partial charge on any atom is -0.493 e. The number of hydrogen-bond donors (Lipinski definition) is 1. The minimum absolute atomic E-state index is 0.0954. The first-order chi connectivity index (χ1) is 7.36. The number of alkyl halides is 1. The lowest BCUT2D eigenvalue weighted by molar-refractivity contribution is 0.317. The Hall–Kier alpha value is -0.990. The van der Waals surface area contributed by atoms with E-state index in [0.29, 0.717) is 12.5 Å². The van der Waals surface area contributed by atoms with Gasteiger partial charge in [-0.3, -0.25) is 0 Å². The first kappa shape index (κ1) is 10.5. The van der Waals surface area contributed by atoms with Crippen LogP contribution in [-0.2, 0) is 0 Å². The number of rotatable bonds is 5. The fourth-order valence-corrected chi connectivity index (χ4v) is 1.75. The van der Waals surface area contributed by atoms with Crippen LogP contribution in [0.3, 0.4) is 0 Å². The molecule has 0 aromatic heterocycles. The number of aliphatic hydroxyl groups is 1. The Morgan fingerprint density at radius 1 is 1.33 bits per heavy atom. The topological polar surface area (TPSA) is 29.5 Å². The van der Waals surface area contributed by atoms with E-state index in [4.69, 9.17) is 21.4 Å². The van der Waals surface area contributed by atoms with Crippen LogP contribution in [0, 0.1) is 0 Å². The summed E-state index contributed by atoms with van der Waals surface area (Å²) in [5.41, 5.74) is 3.17. The van der Waals surface area contributed by atoms with Crippen molar-refractivity contribution < 1.29 is 9.84 Å². The Balaban J connectivity index is 2.07. The molecule has 0 radical (unpaired) electrons. The summed E-state index contributed by atoms with van der Waals surface area (Å²) in [7, 11) is 0. The number of benzene rings is 1. The molecule has 0 bridgehead atoms. The highest BCUT2D eigenvalue weighted by Gasteiger charge is 2.18. The van der Waals surface area contributed by atoms with E-state index in [9.17, 15) is 0 Å². The quantitative estimate of drug-likeness (QED) is 0.615. The molecular weight excluding hydrogens is 212 g/mol. The van der Waals surface area contributed by atoms with E-state index < -0.39 is 0 Å². The van der Waals surface area contributed by atoms with E-state index in [0.717, 1.165) is 28.9 Å². The fraction of sp³-hybridized carbons (Fsp3) is 0.333. The predicted octanol–water partition coefficient (Wildman–Crippen LogP) is 2.54. The summed E-state index contributed by atoms with van der Waals surface area (Å²) in [5.74, 6) is 1.50. The van der Waals surface area contributed by atoms with Gasteiger partial charge in [-0.15, -0.1) is 11.6 Å². The number of aliphatic hydroxyl groups excluding tert-OH is 1. The molecule has 1 N–H and O–H groups in total. The second kappa shape index (κ2) is 4.69. The molecule has 2 rings (SSSR count). The van der Waals surface area contributed by atoms with Gasteiger partial charge in [-0.25, -0.2) is 0 Å². The lowest BCUT2D eigenvalue weighted by atomic mass is 9.88. The third kappa shape index (κ3) is 2.01. The van der Waals surface area contributed by atoms with Crippen molar-refractivity contribution in [3.8, 4) is 5.75 Å². The molecule has 0 heterocycles. The molecular formula is C12H13ClO2. The van der Waals surface area contributed by atoms with Crippen LogP contribution in [0.4, 0.5) is 0 Å². The van der Waals surface area contributed by atoms with Crippen molar-refractivity contribution >= 4 is 23.3 Å². The maximum atomic E-state index is 9.01. The van der Waals surface area contributed by atoms with Gasteiger partial charge in [-0.2, -0.15) is 0 Å². The molecule has 0 aliphatic heterocycles. The highest BCUT2D eigenvalue weighted by Crippen LogP contribution is 2.38. The van der Waals surface area contributed by atoms with Crippen molar-refractivity contribution in [1.29, 1.82) is 0 Å². The Morgan fingerprint density at radius 3 is 2.93 bits per heavy atom. The third-order valence-electron chi connectivity index (χ3n) is 2.44. The Bertz CT molecular complexity index is 385. The van der Waals surface area contributed by atoms with E-state index in [1.165, 1.54) is 0 Å². The number of hydrogen-bond acceptors (Lipinski definition) is 2. The zero-order chi connectivity index (χ0) is 10.7. The van der Waals surface area contributed by atoms with Crippen LogP contribution in [-0.4, -0.2) is 24.2 Å². The van der Waals surface area contributed by atoms with Gasteiger partial charge >= 0.3 is 0 Å². The molecule has 0 fully saturated rings. The van der Waals surface area contributed by atoms with Gasteiger partial charge in [0.15, 0.2) is 0 Å². The molecule has 1 aliphatic carbocycles.